The van der Waals surface area contributed by atoms with Crippen molar-refractivity contribution < 1.29 is 4.79 Å². The van der Waals surface area contributed by atoms with Crippen molar-refractivity contribution in [2.24, 2.45) is 5.92 Å². The molecule has 0 radical (unpaired) electrons. The number of hydrogen-bond acceptors (Lipinski definition) is 6. The fraction of sp³-hybridized carbons (Fsp3) is 0.882. The first-order valence-corrected chi connectivity index (χ1v) is 10.8. The normalized spacial score (nSPS) is 37.8. The maximum atomic E-state index is 13.0. The van der Waals surface area contributed by atoms with E-state index in [2.05, 4.69) is 16.4 Å². The predicted molar refractivity (Wildman–Crippen MR) is 98.8 cm³/mol. The number of carbonyl (C=O) groups is 1. The van der Waals surface area contributed by atoms with Crippen molar-refractivity contribution in [1.82, 2.24) is 20.0 Å². The lowest BCUT2D eigenvalue weighted by Gasteiger charge is -2.46. The monoisotopic (exact) mass is 383 g/mol. The van der Waals surface area contributed by atoms with Crippen molar-refractivity contribution in [3.8, 4) is 6.19 Å². The maximum absolute atomic E-state index is 13.0. The zero-order chi connectivity index (χ0) is 17.4. The summed E-state index contributed by atoms with van der Waals surface area (Å²) in [5.74, 6) is 0.809. The van der Waals surface area contributed by atoms with Gasteiger partial charge in [0.15, 0.2) is 6.19 Å². The maximum Gasteiger partial charge on any atom is 0.243 e. The zero-order valence-corrected chi connectivity index (χ0v) is 16.0. The number of carbonyl (C=O) groups excluding carboxylic acids is 1. The summed E-state index contributed by atoms with van der Waals surface area (Å²) in [6, 6.07) is -0.188. The Labute approximate surface area is 158 Å². The number of fused-ring (bicyclic) bond motifs is 1. The molecule has 0 aromatic rings. The van der Waals surface area contributed by atoms with Crippen LogP contribution in [0, 0.1) is 17.4 Å². The molecule has 3 heterocycles. The van der Waals surface area contributed by atoms with Crippen LogP contribution in [0.4, 0.5) is 0 Å². The molecule has 25 heavy (non-hydrogen) atoms. The largest absolute Gasteiger partial charge is 0.315 e. The van der Waals surface area contributed by atoms with Crippen LogP contribution in [0.2, 0.25) is 0 Å². The third-order valence-electron chi connectivity index (χ3n) is 6.10. The van der Waals surface area contributed by atoms with Gasteiger partial charge in [0, 0.05) is 31.4 Å². The molecule has 1 saturated carbocycles. The molecule has 4 fully saturated rings. The van der Waals surface area contributed by atoms with Gasteiger partial charge in [-0.2, -0.15) is 5.26 Å². The minimum atomic E-state index is -0.188. The van der Waals surface area contributed by atoms with Gasteiger partial charge in [0.05, 0.1) is 12.0 Å². The summed E-state index contributed by atoms with van der Waals surface area (Å²) in [5, 5.41) is 13.0. The van der Waals surface area contributed by atoms with Crippen molar-refractivity contribution in [3.05, 3.63) is 0 Å². The molecule has 0 spiro atoms. The second-order valence-electron chi connectivity index (χ2n) is 7.55. The van der Waals surface area contributed by atoms with E-state index in [0.717, 1.165) is 26.2 Å². The van der Waals surface area contributed by atoms with Gasteiger partial charge in [-0.3, -0.25) is 15.0 Å². The summed E-state index contributed by atoms with van der Waals surface area (Å²) in [4.78, 5) is 18.9. The summed E-state index contributed by atoms with van der Waals surface area (Å²) in [7, 11) is 0. The second-order valence-corrected chi connectivity index (χ2v) is 9.28. The molecule has 4 rings (SSSR count). The summed E-state index contributed by atoms with van der Waals surface area (Å²) < 4.78 is 0. The van der Waals surface area contributed by atoms with Gasteiger partial charge in [-0.1, -0.05) is 19.3 Å². The smallest absolute Gasteiger partial charge is 0.243 e. The van der Waals surface area contributed by atoms with Gasteiger partial charge in [-0.25, -0.2) is 0 Å². The molecule has 8 heteroatoms. The van der Waals surface area contributed by atoms with Gasteiger partial charge in [0.2, 0.25) is 5.91 Å². The molecular weight excluding hydrogens is 358 g/mol. The van der Waals surface area contributed by atoms with Gasteiger partial charge >= 0.3 is 0 Å². The molecule has 0 aromatic heterocycles. The molecule has 0 aromatic carbocycles. The number of nitrogens with one attached hydrogen (secondary N) is 1. The van der Waals surface area contributed by atoms with E-state index in [1.54, 1.807) is 4.90 Å². The summed E-state index contributed by atoms with van der Waals surface area (Å²) in [6.07, 6.45) is 8.67. The summed E-state index contributed by atoms with van der Waals surface area (Å²) in [6.45, 7) is 3.67. The van der Waals surface area contributed by atoms with E-state index in [-0.39, 0.29) is 22.9 Å². The highest BCUT2D eigenvalue weighted by molar-refractivity contribution is 8.00. The number of thioether (sulfide) groups is 1. The van der Waals surface area contributed by atoms with Gasteiger partial charge in [0.1, 0.15) is 11.5 Å². The van der Waals surface area contributed by atoms with Crippen molar-refractivity contribution in [2.75, 3.05) is 32.7 Å². The van der Waals surface area contributed by atoms with Crippen molar-refractivity contribution >= 4 is 29.3 Å². The minimum Gasteiger partial charge on any atom is -0.315 e. The van der Waals surface area contributed by atoms with Crippen LogP contribution in [0.15, 0.2) is 0 Å². The lowest BCUT2D eigenvalue weighted by Crippen LogP contribution is -2.66. The number of piperazine rings is 2. The van der Waals surface area contributed by atoms with Crippen LogP contribution in [0.5, 0.6) is 0 Å². The molecule has 138 valence electrons. The van der Waals surface area contributed by atoms with E-state index in [9.17, 15) is 4.79 Å². The van der Waals surface area contributed by atoms with Gasteiger partial charge < -0.3 is 9.80 Å². The lowest BCUT2D eigenvalue weighted by atomic mass is 9.86. The average molecular weight is 384 g/mol. The predicted octanol–water partition coefficient (Wildman–Crippen LogP) is 1.43. The van der Waals surface area contributed by atoms with Gasteiger partial charge in [-0.15, -0.1) is 23.4 Å². The number of halogens is 1. The van der Waals surface area contributed by atoms with Crippen molar-refractivity contribution in [2.45, 2.75) is 54.4 Å². The molecule has 3 saturated heterocycles. The third kappa shape index (κ3) is 3.46. The quantitative estimate of drug-likeness (QED) is 0.442. The Bertz CT molecular complexity index is 552. The van der Waals surface area contributed by atoms with Crippen molar-refractivity contribution in [3.63, 3.8) is 0 Å². The Morgan fingerprint density at radius 1 is 1.16 bits per heavy atom. The molecule has 6 nitrogen and oxygen atoms in total. The van der Waals surface area contributed by atoms with Crippen molar-refractivity contribution in [1.29, 1.82) is 5.26 Å². The molecule has 1 N–H and O–H groups in total. The highest BCUT2D eigenvalue weighted by Crippen LogP contribution is 2.42. The first-order valence-electron chi connectivity index (χ1n) is 9.42. The molecular formula is C17H26ClN5OS. The second kappa shape index (κ2) is 7.51. The number of hydrogen-bond donors (Lipinski definition) is 1. The minimum absolute atomic E-state index is 0.0264. The topological polar surface area (TPSA) is 62.6 Å². The van der Waals surface area contributed by atoms with E-state index in [1.165, 1.54) is 32.1 Å². The van der Waals surface area contributed by atoms with Crippen LogP contribution in [0.1, 0.15) is 32.1 Å². The molecule has 0 bridgehead atoms. The first-order chi connectivity index (χ1) is 12.2. The van der Waals surface area contributed by atoms with Crippen LogP contribution < -0.4 is 5.32 Å². The van der Waals surface area contributed by atoms with Crippen LogP contribution in [-0.4, -0.2) is 75.6 Å². The van der Waals surface area contributed by atoms with E-state index in [1.807, 2.05) is 16.7 Å². The van der Waals surface area contributed by atoms with E-state index >= 15 is 0 Å². The fourth-order valence-electron chi connectivity index (χ4n) is 4.65. The third-order valence-corrected chi connectivity index (χ3v) is 8.27. The molecule has 1 aliphatic carbocycles. The molecule has 3 aliphatic heterocycles. The summed E-state index contributed by atoms with van der Waals surface area (Å²) in [5.41, 5.74) is -0.0903. The van der Waals surface area contributed by atoms with Crippen LogP contribution >= 0.6 is 23.4 Å². The molecule has 3 unspecified atom stereocenters. The summed E-state index contributed by atoms with van der Waals surface area (Å²) >= 11 is 8.47. The number of rotatable bonds is 2. The molecule has 4 aliphatic rings. The lowest BCUT2D eigenvalue weighted by molar-refractivity contribution is -0.145. The van der Waals surface area contributed by atoms with E-state index in [4.69, 9.17) is 16.9 Å². The highest BCUT2D eigenvalue weighted by Gasteiger charge is 2.46. The molecule has 1 amide bonds. The van der Waals surface area contributed by atoms with Crippen LogP contribution in [0.3, 0.4) is 0 Å². The van der Waals surface area contributed by atoms with Gasteiger partial charge in [-0.05, 0) is 18.8 Å². The number of nitrogens with zero attached hydrogens (tertiary/aromatic N) is 4. The van der Waals surface area contributed by atoms with E-state index in [0.29, 0.717) is 17.7 Å². The van der Waals surface area contributed by atoms with Crippen LogP contribution in [-0.2, 0) is 4.79 Å². The standard InChI is InChI=1S/C17H26ClN5OS/c18-15-14(12-4-2-1-3-5-12)25-17(20-15)23-9-8-22-7-6-21(11-19)10-13(22)16(23)24/h12-15,17,20H,1-10H2/t13-,14?,15?,17?/m1/s1. The van der Waals surface area contributed by atoms with Crippen LogP contribution in [0.25, 0.3) is 0 Å². The number of nitriles is 1. The van der Waals surface area contributed by atoms with E-state index < -0.39 is 0 Å². The SMILES string of the molecule is N#CN1CCN2CCN(C3NC(Cl)C(C4CCCCC4)S3)C(=O)[C@H]2C1. The fourth-order valence-corrected chi connectivity index (χ4v) is 6.82. The Balaban J connectivity index is 1.42. The Hall–Kier alpha value is -0.680. The number of amides is 1. The Kier molecular flexibility index (Phi) is 5.33. The average Bonchev–Trinajstić information content (AvgIpc) is 3.04. The van der Waals surface area contributed by atoms with Gasteiger partial charge in [0.25, 0.3) is 0 Å². The highest BCUT2D eigenvalue weighted by atomic mass is 35.5. The number of alkyl halides is 1. The Morgan fingerprint density at radius 3 is 2.68 bits per heavy atom. The Morgan fingerprint density at radius 2 is 1.92 bits per heavy atom. The first kappa shape index (κ1) is 17.7. The zero-order valence-electron chi connectivity index (χ0n) is 14.4. The molecule has 4 atom stereocenters.